The number of ether oxygens (including phenoxy) is 1. The predicted molar refractivity (Wildman–Crippen MR) is 58.3 cm³/mol. The van der Waals surface area contributed by atoms with Crippen molar-refractivity contribution < 1.29 is 14.0 Å². The summed E-state index contributed by atoms with van der Waals surface area (Å²) in [5.41, 5.74) is 1.02. The number of halogens is 1. The van der Waals surface area contributed by atoms with E-state index in [9.17, 15) is 4.39 Å². The largest absolute Gasteiger partial charge is 0.378 e. The second-order valence-corrected chi connectivity index (χ2v) is 3.70. The number of hydrogen-bond donors (Lipinski definition) is 0. The van der Waals surface area contributed by atoms with E-state index in [-0.39, 0.29) is 11.9 Å². The van der Waals surface area contributed by atoms with E-state index < -0.39 is 0 Å². The molecule has 0 amide bonds. The van der Waals surface area contributed by atoms with Gasteiger partial charge in [-0.3, -0.25) is 4.84 Å². The van der Waals surface area contributed by atoms with Gasteiger partial charge in [-0.2, -0.15) is 5.06 Å². The molecule has 0 N–H and O–H groups in total. The summed E-state index contributed by atoms with van der Waals surface area (Å²) < 4.78 is 18.3. The van der Waals surface area contributed by atoms with Gasteiger partial charge in [0.1, 0.15) is 5.82 Å². The maximum absolute atomic E-state index is 12.8. The molecule has 0 aliphatic carbocycles. The van der Waals surface area contributed by atoms with Crippen LogP contribution in [0.3, 0.4) is 0 Å². The summed E-state index contributed by atoms with van der Waals surface area (Å²) in [6.07, 6.45) is 0. The van der Waals surface area contributed by atoms with E-state index in [2.05, 4.69) is 0 Å². The molecule has 1 aromatic rings. The van der Waals surface area contributed by atoms with Crippen LogP contribution in [0.15, 0.2) is 24.3 Å². The molecule has 4 heteroatoms. The van der Waals surface area contributed by atoms with Crippen molar-refractivity contribution >= 4 is 0 Å². The van der Waals surface area contributed by atoms with Gasteiger partial charge in [-0.05, 0) is 24.6 Å². The summed E-state index contributed by atoms with van der Waals surface area (Å²) in [5, 5.41) is 1.91. The van der Waals surface area contributed by atoms with E-state index in [1.807, 2.05) is 12.0 Å². The molecule has 1 aromatic carbocycles. The number of benzene rings is 1. The molecule has 2 rings (SSSR count). The fourth-order valence-electron chi connectivity index (χ4n) is 1.86. The molecule has 0 spiro atoms. The average molecular weight is 225 g/mol. The molecule has 1 atom stereocenters. The summed E-state index contributed by atoms with van der Waals surface area (Å²) in [6, 6.07) is 6.55. The molecular weight excluding hydrogens is 209 g/mol. The molecule has 1 aliphatic rings. The lowest BCUT2D eigenvalue weighted by molar-refractivity contribution is -0.224. The quantitative estimate of drug-likeness (QED) is 0.786. The van der Waals surface area contributed by atoms with Gasteiger partial charge in [-0.1, -0.05) is 12.1 Å². The zero-order chi connectivity index (χ0) is 11.4. The van der Waals surface area contributed by atoms with Gasteiger partial charge < -0.3 is 4.74 Å². The van der Waals surface area contributed by atoms with E-state index >= 15 is 0 Å². The Morgan fingerprint density at radius 2 is 2.19 bits per heavy atom. The Kier molecular flexibility index (Phi) is 3.88. The third-order valence-corrected chi connectivity index (χ3v) is 2.63. The molecule has 88 valence electrons. The van der Waals surface area contributed by atoms with Gasteiger partial charge in [-0.25, -0.2) is 4.39 Å². The van der Waals surface area contributed by atoms with E-state index in [1.165, 1.54) is 12.1 Å². The van der Waals surface area contributed by atoms with Crippen LogP contribution in [0, 0.1) is 5.82 Å². The van der Waals surface area contributed by atoms with E-state index in [0.717, 1.165) is 12.1 Å². The van der Waals surface area contributed by atoms with E-state index in [4.69, 9.17) is 9.57 Å². The summed E-state index contributed by atoms with van der Waals surface area (Å²) in [6.45, 7) is 4.61. The van der Waals surface area contributed by atoms with Crippen LogP contribution < -0.4 is 0 Å². The minimum atomic E-state index is -0.219. The Labute approximate surface area is 94.7 Å². The zero-order valence-electron chi connectivity index (χ0n) is 9.36. The normalized spacial score (nSPS) is 22.2. The maximum Gasteiger partial charge on any atom is 0.123 e. The summed E-state index contributed by atoms with van der Waals surface area (Å²) >= 11 is 0. The fourth-order valence-corrected chi connectivity index (χ4v) is 1.86. The van der Waals surface area contributed by atoms with Gasteiger partial charge in [0.2, 0.25) is 0 Å². The van der Waals surface area contributed by atoms with E-state index in [1.54, 1.807) is 12.1 Å². The minimum absolute atomic E-state index is 0.0642. The molecule has 1 heterocycles. The van der Waals surface area contributed by atoms with Crippen LogP contribution >= 0.6 is 0 Å². The molecule has 0 bridgehead atoms. The SMILES string of the molecule is CCON1CCOCC1c1ccc(F)cc1. The van der Waals surface area contributed by atoms with Crippen molar-refractivity contribution in [1.29, 1.82) is 0 Å². The van der Waals surface area contributed by atoms with E-state index in [0.29, 0.717) is 19.8 Å². The first-order valence-corrected chi connectivity index (χ1v) is 5.54. The zero-order valence-corrected chi connectivity index (χ0v) is 9.36. The van der Waals surface area contributed by atoms with Gasteiger partial charge in [0.15, 0.2) is 0 Å². The third-order valence-electron chi connectivity index (χ3n) is 2.63. The van der Waals surface area contributed by atoms with Crippen molar-refractivity contribution in [2.24, 2.45) is 0 Å². The van der Waals surface area contributed by atoms with Crippen molar-refractivity contribution in [3.63, 3.8) is 0 Å². The van der Waals surface area contributed by atoms with Crippen molar-refractivity contribution in [3.8, 4) is 0 Å². The van der Waals surface area contributed by atoms with Crippen LogP contribution in [-0.2, 0) is 9.57 Å². The first-order chi connectivity index (χ1) is 7.81. The van der Waals surface area contributed by atoms with Gasteiger partial charge >= 0.3 is 0 Å². The predicted octanol–water partition coefficient (Wildman–Crippen LogP) is 2.15. The number of morpholine rings is 1. The van der Waals surface area contributed by atoms with Crippen LogP contribution in [-0.4, -0.2) is 31.4 Å². The maximum atomic E-state index is 12.8. The van der Waals surface area contributed by atoms with Gasteiger partial charge in [-0.15, -0.1) is 0 Å². The lowest BCUT2D eigenvalue weighted by Crippen LogP contribution is -2.39. The number of hydroxylamine groups is 2. The van der Waals surface area contributed by atoms with Crippen molar-refractivity contribution in [2.45, 2.75) is 13.0 Å². The summed E-state index contributed by atoms with van der Waals surface area (Å²) in [5.74, 6) is -0.219. The number of nitrogens with zero attached hydrogens (tertiary/aromatic N) is 1. The molecule has 3 nitrogen and oxygen atoms in total. The molecule has 0 aromatic heterocycles. The van der Waals surface area contributed by atoms with Crippen LogP contribution in [0.1, 0.15) is 18.5 Å². The first-order valence-electron chi connectivity index (χ1n) is 5.54. The molecular formula is C12H16FNO2. The Morgan fingerprint density at radius 1 is 1.44 bits per heavy atom. The Hall–Kier alpha value is -0.970. The van der Waals surface area contributed by atoms with Crippen LogP contribution in [0.5, 0.6) is 0 Å². The fraction of sp³-hybridized carbons (Fsp3) is 0.500. The van der Waals surface area contributed by atoms with Gasteiger partial charge in [0, 0.05) is 6.54 Å². The smallest absolute Gasteiger partial charge is 0.123 e. The monoisotopic (exact) mass is 225 g/mol. The highest BCUT2D eigenvalue weighted by Crippen LogP contribution is 2.24. The number of hydrogen-bond acceptors (Lipinski definition) is 3. The summed E-state index contributed by atoms with van der Waals surface area (Å²) in [4.78, 5) is 5.54. The van der Waals surface area contributed by atoms with Crippen LogP contribution in [0.2, 0.25) is 0 Å². The average Bonchev–Trinajstić information content (AvgIpc) is 2.32. The highest BCUT2D eigenvalue weighted by molar-refractivity contribution is 5.20. The minimum Gasteiger partial charge on any atom is -0.378 e. The van der Waals surface area contributed by atoms with Crippen LogP contribution in [0.25, 0.3) is 0 Å². The number of rotatable bonds is 3. The molecule has 1 unspecified atom stereocenters. The molecule has 0 radical (unpaired) electrons. The highest BCUT2D eigenvalue weighted by atomic mass is 19.1. The second kappa shape index (κ2) is 5.39. The second-order valence-electron chi connectivity index (χ2n) is 3.70. The lowest BCUT2D eigenvalue weighted by Gasteiger charge is -2.34. The lowest BCUT2D eigenvalue weighted by atomic mass is 10.1. The van der Waals surface area contributed by atoms with Crippen molar-refractivity contribution in [3.05, 3.63) is 35.6 Å². The van der Waals surface area contributed by atoms with Gasteiger partial charge in [0.25, 0.3) is 0 Å². The molecule has 1 fully saturated rings. The summed E-state index contributed by atoms with van der Waals surface area (Å²) in [7, 11) is 0. The standard InChI is InChI=1S/C12H16FNO2/c1-2-16-14-7-8-15-9-12(14)10-3-5-11(13)6-4-10/h3-6,12H,2,7-9H2,1H3. The van der Waals surface area contributed by atoms with Crippen LogP contribution in [0.4, 0.5) is 4.39 Å². The van der Waals surface area contributed by atoms with Crippen molar-refractivity contribution in [1.82, 2.24) is 5.06 Å². The van der Waals surface area contributed by atoms with Gasteiger partial charge in [0.05, 0.1) is 25.9 Å². The first kappa shape index (κ1) is 11.5. The van der Waals surface area contributed by atoms with Crippen molar-refractivity contribution in [2.75, 3.05) is 26.4 Å². The topological polar surface area (TPSA) is 21.7 Å². The highest BCUT2D eigenvalue weighted by Gasteiger charge is 2.25. The molecule has 0 saturated carbocycles. The molecule has 1 saturated heterocycles. The molecule has 16 heavy (non-hydrogen) atoms. The molecule has 1 aliphatic heterocycles. The Balaban J connectivity index is 2.13. The Bertz CT molecular complexity index is 326. The Morgan fingerprint density at radius 3 is 2.88 bits per heavy atom. The third kappa shape index (κ3) is 2.58.